The van der Waals surface area contributed by atoms with E-state index >= 15 is 0 Å². The Morgan fingerprint density at radius 2 is 1.94 bits per heavy atom. The molecule has 0 aromatic heterocycles. The molecule has 0 aliphatic carbocycles. The minimum Gasteiger partial charge on any atom is -0.467 e. The van der Waals surface area contributed by atoms with Gasteiger partial charge in [-0.25, -0.2) is 13.6 Å². The molecule has 1 rings (SSSR count). The van der Waals surface area contributed by atoms with E-state index in [1.165, 1.54) is 24.3 Å². The van der Waals surface area contributed by atoms with E-state index in [2.05, 4.69) is 10.1 Å². The van der Waals surface area contributed by atoms with E-state index < -0.39 is 18.4 Å². The zero-order valence-corrected chi connectivity index (χ0v) is 9.17. The van der Waals surface area contributed by atoms with Crippen LogP contribution in [0.1, 0.15) is 0 Å². The van der Waals surface area contributed by atoms with E-state index in [-0.39, 0.29) is 0 Å². The number of ether oxygens (including phenoxy) is 1. The average molecular weight is 250 g/mol. The molecule has 0 heterocycles. The molecule has 0 spiro atoms. The summed E-state index contributed by atoms with van der Waals surface area (Å²) in [6, 6.07) is 4.39. The van der Waals surface area contributed by atoms with E-state index in [1.807, 2.05) is 0 Å². The first kappa shape index (κ1) is 12.7. The molecule has 88 valence electrons. The van der Waals surface area contributed by atoms with Crippen molar-refractivity contribution >= 4 is 23.3 Å². The van der Waals surface area contributed by atoms with Gasteiger partial charge in [-0.05, 0) is 24.3 Å². The van der Waals surface area contributed by atoms with Crippen molar-refractivity contribution in [2.24, 2.45) is 0 Å². The highest BCUT2D eigenvalue weighted by Crippen LogP contribution is 2.16. The summed E-state index contributed by atoms with van der Waals surface area (Å²) in [4.78, 5) is 11.0. The van der Waals surface area contributed by atoms with Crippen molar-refractivity contribution in [3.05, 3.63) is 29.3 Å². The van der Waals surface area contributed by atoms with Crippen molar-refractivity contribution in [3.63, 3.8) is 0 Å². The molecule has 1 aromatic carbocycles. The predicted molar refractivity (Wildman–Crippen MR) is 56.9 cm³/mol. The number of alkyl halides is 2. The van der Waals surface area contributed by atoms with Crippen LogP contribution in [0.4, 0.5) is 14.5 Å². The summed E-state index contributed by atoms with van der Waals surface area (Å²) in [7, 11) is 1.06. The molecule has 1 unspecified atom stereocenters. The molecular weight excluding hydrogens is 240 g/mol. The van der Waals surface area contributed by atoms with Crippen LogP contribution in [-0.4, -0.2) is 25.5 Å². The van der Waals surface area contributed by atoms with E-state index in [0.29, 0.717) is 10.7 Å². The van der Waals surface area contributed by atoms with E-state index in [9.17, 15) is 13.6 Å². The molecule has 0 aliphatic rings. The van der Waals surface area contributed by atoms with Crippen LogP contribution in [0, 0.1) is 0 Å². The number of esters is 1. The fraction of sp³-hybridized carbons (Fsp3) is 0.300. The predicted octanol–water partition coefficient (Wildman–Crippen LogP) is 2.56. The Bertz CT molecular complexity index is 356. The van der Waals surface area contributed by atoms with Gasteiger partial charge >= 0.3 is 5.97 Å². The molecule has 0 bridgehead atoms. The number of rotatable bonds is 4. The van der Waals surface area contributed by atoms with Gasteiger partial charge in [-0.15, -0.1) is 0 Å². The van der Waals surface area contributed by atoms with Gasteiger partial charge < -0.3 is 10.1 Å². The summed E-state index contributed by atoms with van der Waals surface area (Å²) in [5, 5.41) is 2.86. The highest BCUT2D eigenvalue weighted by atomic mass is 35.5. The Morgan fingerprint density at radius 1 is 1.38 bits per heavy atom. The molecule has 0 fully saturated rings. The van der Waals surface area contributed by atoms with Crippen molar-refractivity contribution in [3.8, 4) is 0 Å². The van der Waals surface area contributed by atoms with E-state index in [1.54, 1.807) is 0 Å². The third-order valence-electron chi connectivity index (χ3n) is 1.87. The van der Waals surface area contributed by atoms with Gasteiger partial charge in [0.2, 0.25) is 0 Å². The number of nitrogens with one attached hydrogen (secondary N) is 1. The first-order valence-electron chi connectivity index (χ1n) is 4.42. The quantitative estimate of drug-likeness (QED) is 0.834. The first-order valence-corrected chi connectivity index (χ1v) is 4.80. The average Bonchev–Trinajstić information content (AvgIpc) is 2.27. The first-order chi connectivity index (χ1) is 7.54. The lowest BCUT2D eigenvalue weighted by molar-refractivity contribution is -0.144. The maximum atomic E-state index is 12.5. The van der Waals surface area contributed by atoms with Crippen LogP contribution in [-0.2, 0) is 9.53 Å². The Kier molecular flexibility index (Phi) is 4.49. The molecule has 3 nitrogen and oxygen atoms in total. The molecular formula is C10H10ClF2NO2. The van der Waals surface area contributed by atoms with Crippen LogP contribution >= 0.6 is 11.6 Å². The smallest absolute Gasteiger partial charge is 0.334 e. The van der Waals surface area contributed by atoms with Crippen LogP contribution in [0.5, 0.6) is 0 Å². The summed E-state index contributed by atoms with van der Waals surface area (Å²) in [6.45, 7) is 0. The van der Waals surface area contributed by atoms with Crippen molar-refractivity contribution < 1.29 is 18.3 Å². The standard InChI is InChI=1S/C10H10ClF2NO2/c1-16-10(15)8(9(12)13)14-7-4-2-6(11)3-5-7/h2-5,8-9,14H,1H3. The van der Waals surface area contributed by atoms with Crippen LogP contribution in [0.15, 0.2) is 24.3 Å². The lowest BCUT2D eigenvalue weighted by Gasteiger charge is -2.16. The molecule has 0 radical (unpaired) electrons. The molecule has 16 heavy (non-hydrogen) atoms. The van der Waals surface area contributed by atoms with Gasteiger partial charge in [0.25, 0.3) is 6.43 Å². The van der Waals surface area contributed by atoms with Crippen molar-refractivity contribution in [2.45, 2.75) is 12.5 Å². The molecule has 1 aromatic rings. The Balaban J connectivity index is 2.75. The third-order valence-corrected chi connectivity index (χ3v) is 2.13. The molecule has 0 saturated heterocycles. The molecule has 0 aliphatic heterocycles. The van der Waals surface area contributed by atoms with Gasteiger partial charge in [0.05, 0.1) is 7.11 Å². The van der Waals surface area contributed by atoms with Crippen molar-refractivity contribution in [1.82, 2.24) is 0 Å². The zero-order valence-electron chi connectivity index (χ0n) is 8.41. The number of carbonyl (C=O) groups is 1. The summed E-state index contributed by atoms with van der Waals surface area (Å²) >= 11 is 5.63. The molecule has 0 amide bonds. The minimum absolute atomic E-state index is 0.375. The van der Waals surface area contributed by atoms with Gasteiger partial charge in [-0.1, -0.05) is 11.6 Å². The van der Waals surface area contributed by atoms with Crippen LogP contribution in [0.3, 0.4) is 0 Å². The summed E-state index contributed by atoms with van der Waals surface area (Å²) in [6.07, 6.45) is -2.84. The monoisotopic (exact) mass is 249 g/mol. The highest BCUT2D eigenvalue weighted by Gasteiger charge is 2.28. The van der Waals surface area contributed by atoms with E-state index in [0.717, 1.165) is 7.11 Å². The number of hydrogen-bond donors (Lipinski definition) is 1. The molecule has 6 heteroatoms. The number of hydrogen-bond acceptors (Lipinski definition) is 3. The van der Waals surface area contributed by atoms with Gasteiger partial charge in [0, 0.05) is 10.7 Å². The lowest BCUT2D eigenvalue weighted by Crippen LogP contribution is -2.37. The molecule has 0 saturated carbocycles. The fourth-order valence-corrected chi connectivity index (χ4v) is 1.20. The summed E-state index contributed by atoms with van der Waals surface area (Å²) in [5.41, 5.74) is 0.375. The highest BCUT2D eigenvalue weighted by molar-refractivity contribution is 6.30. The van der Waals surface area contributed by atoms with Crippen LogP contribution in [0.2, 0.25) is 5.02 Å². The van der Waals surface area contributed by atoms with E-state index in [4.69, 9.17) is 11.6 Å². The maximum absolute atomic E-state index is 12.5. The van der Waals surface area contributed by atoms with Gasteiger partial charge in [0.1, 0.15) is 0 Å². The molecule has 1 atom stereocenters. The topological polar surface area (TPSA) is 38.3 Å². The largest absolute Gasteiger partial charge is 0.467 e. The Labute approximate surface area is 96.4 Å². The van der Waals surface area contributed by atoms with Crippen molar-refractivity contribution in [2.75, 3.05) is 12.4 Å². The second kappa shape index (κ2) is 5.65. The molecule has 1 N–H and O–H groups in total. The number of halogens is 3. The Hall–Kier alpha value is -1.36. The van der Waals surface area contributed by atoms with Crippen LogP contribution in [0.25, 0.3) is 0 Å². The maximum Gasteiger partial charge on any atom is 0.334 e. The Morgan fingerprint density at radius 3 is 2.38 bits per heavy atom. The van der Waals surface area contributed by atoms with Gasteiger partial charge in [-0.3, -0.25) is 0 Å². The normalized spacial score (nSPS) is 12.3. The number of anilines is 1. The lowest BCUT2D eigenvalue weighted by atomic mass is 10.2. The minimum atomic E-state index is -2.84. The zero-order chi connectivity index (χ0) is 12.1. The number of methoxy groups -OCH3 is 1. The fourth-order valence-electron chi connectivity index (χ4n) is 1.08. The SMILES string of the molecule is COC(=O)C(Nc1ccc(Cl)cc1)C(F)F. The second-order valence-electron chi connectivity index (χ2n) is 2.99. The number of benzene rings is 1. The summed E-state index contributed by atoms with van der Waals surface area (Å²) < 4.78 is 29.3. The van der Waals surface area contributed by atoms with Gasteiger partial charge in [0.15, 0.2) is 6.04 Å². The summed E-state index contributed by atoms with van der Waals surface area (Å²) in [5.74, 6) is -1.01. The number of carbonyl (C=O) groups excluding carboxylic acids is 1. The second-order valence-corrected chi connectivity index (χ2v) is 3.42. The van der Waals surface area contributed by atoms with Gasteiger partial charge in [-0.2, -0.15) is 0 Å². The third kappa shape index (κ3) is 3.34. The van der Waals surface area contributed by atoms with Crippen molar-refractivity contribution in [1.29, 1.82) is 0 Å². The van der Waals surface area contributed by atoms with Crippen LogP contribution < -0.4 is 5.32 Å².